The van der Waals surface area contributed by atoms with E-state index in [0.717, 1.165) is 16.7 Å². The highest BCUT2D eigenvalue weighted by atomic mass is 16.6. The lowest BCUT2D eigenvalue weighted by molar-refractivity contribution is -0.143. The Morgan fingerprint density at radius 1 is 1.16 bits per heavy atom. The second kappa shape index (κ2) is 7.21. The van der Waals surface area contributed by atoms with Crippen LogP contribution in [0, 0.1) is 0 Å². The number of hydrogen-bond donors (Lipinski definition) is 1. The summed E-state index contributed by atoms with van der Waals surface area (Å²) < 4.78 is 5.37. The molecule has 2 aromatic carbocycles. The zero-order valence-corrected chi connectivity index (χ0v) is 13.7. The fourth-order valence-electron chi connectivity index (χ4n) is 3.14. The molecule has 1 N–H and O–H groups in total. The summed E-state index contributed by atoms with van der Waals surface area (Å²) in [4.78, 5) is 25.7. The van der Waals surface area contributed by atoms with E-state index in [-0.39, 0.29) is 13.0 Å². The van der Waals surface area contributed by atoms with Gasteiger partial charge < -0.3 is 9.84 Å². The molecule has 0 radical (unpaired) electrons. The Bertz CT molecular complexity index is 787. The number of fused-ring (bicyclic) bond motifs is 1. The Kier molecular flexibility index (Phi) is 4.84. The first kappa shape index (κ1) is 16.8. The maximum absolute atomic E-state index is 12.7. The lowest BCUT2D eigenvalue weighted by Gasteiger charge is -2.39. The second-order valence-corrected chi connectivity index (χ2v) is 5.88. The number of rotatable bonds is 4. The van der Waals surface area contributed by atoms with E-state index in [2.05, 4.69) is 6.58 Å². The highest BCUT2D eigenvalue weighted by molar-refractivity contribution is 5.82. The van der Waals surface area contributed by atoms with E-state index in [9.17, 15) is 14.7 Å². The molecule has 0 unspecified atom stereocenters. The summed E-state index contributed by atoms with van der Waals surface area (Å²) in [6.07, 6.45) is 1.17. The third-order valence-corrected chi connectivity index (χ3v) is 4.35. The molecular formula is C20H19NO4. The molecule has 5 heteroatoms. The number of carboxylic acids is 1. The topological polar surface area (TPSA) is 66.8 Å². The molecule has 5 nitrogen and oxygen atoms in total. The van der Waals surface area contributed by atoms with Crippen LogP contribution in [0.3, 0.4) is 0 Å². The molecule has 1 heterocycles. The average Bonchev–Trinajstić information content (AvgIpc) is 2.65. The molecule has 1 aliphatic rings. The van der Waals surface area contributed by atoms with Crippen LogP contribution in [0.5, 0.6) is 0 Å². The van der Waals surface area contributed by atoms with Crippen LogP contribution in [0.4, 0.5) is 4.79 Å². The highest BCUT2D eigenvalue weighted by Gasteiger charge is 2.40. The van der Waals surface area contributed by atoms with Gasteiger partial charge in [-0.1, -0.05) is 60.7 Å². The second-order valence-electron chi connectivity index (χ2n) is 5.88. The van der Waals surface area contributed by atoms with Crippen LogP contribution in [0.25, 0.3) is 0 Å². The average molecular weight is 337 g/mol. The molecule has 0 aliphatic carbocycles. The minimum atomic E-state index is -1.06. The third-order valence-electron chi connectivity index (χ3n) is 4.35. The van der Waals surface area contributed by atoms with Crippen molar-refractivity contribution in [1.82, 2.24) is 4.90 Å². The van der Waals surface area contributed by atoms with Gasteiger partial charge in [0.05, 0.1) is 6.04 Å². The number of nitrogens with zero attached hydrogens (tertiary/aromatic N) is 1. The van der Waals surface area contributed by atoms with Crippen LogP contribution in [0.15, 0.2) is 67.3 Å². The van der Waals surface area contributed by atoms with E-state index in [1.807, 2.05) is 54.6 Å². The van der Waals surface area contributed by atoms with Gasteiger partial charge in [-0.05, 0) is 16.7 Å². The van der Waals surface area contributed by atoms with Gasteiger partial charge in [-0.2, -0.15) is 0 Å². The van der Waals surface area contributed by atoms with Gasteiger partial charge in [0.1, 0.15) is 12.6 Å². The molecule has 0 saturated heterocycles. The minimum Gasteiger partial charge on any atom is -0.480 e. The van der Waals surface area contributed by atoms with E-state index in [0.29, 0.717) is 0 Å². The Labute approximate surface area is 146 Å². The molecule has 128 valence electrons. The number of amides is 1. The van der Waals surface area contributed by atoms with E-state index >= 15 is 0 Å². The quantitative estimate of drug-likeness (QED) is 0.866. The van der Waals surface area contributed by atoms with Gasteiger partial charge in [0.2, 0.25) is 0 Å². The van der Waals surface area contributed by atoms with Crippen molar-refractivity contribution in [3.05, 3.63) is 83.9 Å². The first-order valence-electron chi connectivity index (χ1n) is 8.04. The van der Waals surface area contributed by atoms with Crippen molar-refractivity contribution < 1.29 is 19.4 Å². The van der Waals surface area contributed by atoms with Gasteiger partial charge in [0.25, 0.3) is 0 Å². The maximum atomic E-state index is 12.7. The summed E-state index contributed by atoms with van der Waals surface area (Å²) in [6.45, 7) is 3.88. The van der Waals surface area contributed by atoms with Gasteiger partial charge in [-0.25, -0.2) is 9.59 Å². The summed E-state index contributed by atoms with van der Waals surface area (Å²) >= 11 is 0. The smallest absolute Gasteiger partial charge is 0.411 e. The van der Waals surface area contributed by atoms with Gasteiger partial charge in [-0.15, -0.1) is 6.58 Å². The summed E-state index contributed by atoms with van der Waals surface area (Å²) in [7, 11) is 0. The zero-order valence-electron chi connectivity index (χ0n) is 13.7. The van der Waals surface area contributed by atoms with E-state index < -0.39 is 24.1 Å². The summed E-state index contributed by atoms with van der Waals surface area (Å²) in [5, 5.41) is 9.60. The number of carbonyl (C=O) groups is 2. The molecule has 0 bridgehead atoms. The molecule has 2 aromatic rings. The van der Waals surface area contributed by atoms with Crippen LogP contribution in [0.1, 0.15) is 22.7 Å². The molecule has 0 aromatic heterocycles. The number of carboxylic acid groups (broad SMARTS) is 1. The molecule has 3 rings (SSSR count). The molecule has 25 heavy (non-hydrogen) atoms. The predicted molar refractivity (Wildman–Crippen MR) is 93.0 cm³/mol. The van der Waals surface area contributed by atoms with Crippen LogP contribution in [0.2, 0.25) is 0 Å². The minimum absolute atomic E-state index is 0.0913. The van der Waals surface area contributed by atoms with Crippen LogP contribution in [-0.2, 0) is 22.6 Å². The number of ether oxygens (including phenoxy) is 1. The molecule has 0 spiro atoms. The number of carbonyl (C=O) groups excluding carboxylic acids is 1. The van der Waals surface area contributed by atoms with Gasteiger partial charge in [0, 0.05) is 6.42 Å². The highest BCUT2D eigenvalue weighted by Crippen LogP contribution is 2.34. The lowest BCUT2D eigenvalue weighted by Crippen LogP contribution is -2.50. The normalized spacial score (nSPS) is 19.0. The Morgan fingerprint density at radius 3 is 2.52 bits per heavy atom. The van der Waals surface area contributed by atoms with Crippen LogP contribution >= 0.6 is 0 Å². The van der Waals surface area contributed by atoms with Crippen molar-refractivity contribution >= 4 is 12.1 Å². The summed E-state index contributed by atoms with van der Waals surface area (Å²) in [5.41, 5.74) is 2.63. The van der Waals surface area contributed by atoms with Crippen molar-refractivity contribution in [1.29, 1.82) is 0 Å². The molecule has 0 saturated carbocycles. The van der Waals surface area contributed by atoms with Crippen molar-refractivity contribution in [3.8, 4) is 0 Å². The SMILES string of the molecule is C=C[C@H]1c2ccccc2C[C@@H](C(=O)O)N1C(=O)OCc1ccccc1. The number of hydrogen-bond acceptors (Lipinski definition) is 3. The fourth-order valence-corrected chi connectivity index (χ4v) is 3.14. The molecule has 1 aliphatic heterocycles. The molecule has 2 atom stereocenters. The first-order chi connectivity index (χ1) is 12.1. The molecule has 0 fully saturated rings. The fraction of sp³-hybridized carbons (Fsp3) is 0.200. The van der Waals surface area contributed by atoms with Crippen molar-refractivity contribution in [2.24, 2.45) is 0 Å². The van der Waals surface area contributed by atoms with Crippen molar-refractivity contribution in [2.45, 2.75) is 25.1 Å². The standard InChI is InChI=1S/C20H19NO4/c1-2-17-16-11-7-6-10-15(16)12-18(19(22)23)21(17)20(24)25-13-14-8-4-3-5-9-14/h2-11,17-18H,1,12-13H2,(H,22,23)/t17-,18-/m0/s1. The Hall–Kier alpha value is -3.08. The van der Waals surface area contributed by atoms with Gasteiger partial charge in [0.15, 0.2) is 0 Å². The maximum Gasteiger partial charge on any atom is 0.411 e. The number of benzene rings is 2. The van der Waals surface area contributed by atoms with Crippen LogP contribution < -0.4 is 0 Å². The van der Waals surface area contributed by atoms with Gasteiger partial charge in [-0.3, -0.25) is 4.90 Å². The Morgan fingerprint density at radius 2 is 1.84 bits per heavy atom. The largest absolute Gasteiger partial charge is 0.480 e. The lowest BCUT2D eigenvalue weighted by atomic mass is 9.88. The molecular weight excluding hydrogens is 318 g/mol. The van der Waals surface area contributed by atoms with Crippen molar-refractivity contribution in [3.63, 3.8) is 0 Å². The third kappa shape index (κ3) is 3.40. The van der Waals surface area contributed by atoms with E-state index in [1.54, 1.807) is 6.08 Å². The molecule has 1 amide bonds. The predicted octanol–water partition coefficient (Wildman–Crippen LogP) is 3.56. The monoisotopic (exact) mass is 337 g/mol. The van der Waals surface area contributed by atoms with Crippen molar-refractivity contribution in [2.75, 3.05) is 0 Å². The zero-order chi connectivity index (χ0) is 17.8. The van der Waals surface area contributed by atoms with E-state index in [1.165, 1.54) is 4.90 Å². The van der Waals surface area contributed by atoms with E-state index in [4.69, 9.17) is 4.74 Å². The van der Waals surface area contributed by atoms with Gasteiger partial charge >= 0.3 is 12.1 Å². The first-order valence-corrected chi connectivity index (χ1v) is 8.04. The summed E-state index contributed by atoms with van der Waals surface area (Å²) in [5.74, 6) is -1.06. The summed E-state index contributed by atoms with van der Waals surface area (Å²) in [6, 6.07) is 15.3. The number of aliphatic carboxylic acids is 1. The van der Waals surface area contributed by atoms with Crippen LogP contribution in [-0.4, -0.2) is 28.1 Å². The Balaban J connectivity index is 1.86.